The SMILES string of the molecule is C[C@H](CCO)NC(=O)/C=C/c1ccc(Cl)cc1. The van der Waals surface area contributed by atoms with E-state index in [4.69, 9.17) is 16.7 Å². The lowest BCUT2D eigenvalue weighted by Crippen LogP contribution is -2.31. The molecule has 0 radical (unpaired) electrons. The number of carbonyl (C=O) groups excluding carboxylic acids is 1. The molecule has 0 saturated heterocycles. The third-order valence-electron chi connectivity index (χ3n) is 2.25. The van der Waals surface area contributed by atoms with E-state index in [1.54, 1.807) is 18.2 Å². The molecular formula is C13H16ClNO2. The van der Waals surface area contributed by atoms with Crippen LogP contribution in [0.15, 0.2) is 30.3 Å². The van der Waals surface area contributed by atoms with Crippen LogP contribution < -0.4 is 5.32 Å². The van der Waals surface area contributed by atoms with Gasteiger partial charge in [0, 0.05) is 23.7 Å². The molecule has 2 N–H and O–H groups in total. The molecule has 1 atom stereocenters. The summed E-state index contributed by atoms with van der Waals surface area (Å²) in [5.41, 5.74) is 0.916. The van der Waals surface area contributed by atoms with Gasteiger partial charge in [-0.3, -0.25) is 4.79 Å². The fourth-order valence-corrected chi connectivity index (χ4v) is 1.43. The molecule has 0 spiro atoms. The van der Waals surface area contributed by atoms with Crippen molar-refractivity contribution in [3.8, 4) is 0 Å². The van der Waals surface area contributed by atoms with Crippen molar-refractivity contribution in [2.45, 2.75) is 19.4 Å². The van der Waals surface area contributed by atoms with Crippen LogP contribution in [0.3, 0.4) is 0 Å². The van der Waals surface area contributed by atoms with Crippen molar-refractivity contribution < 1.29 is 9.90 Å². The Morgan fingerprint density at radius 1 is 1.47 bits per heavy atom. The van der Waals surface area contributed by atoms with Gasteiger partial charge < -0.3 is 10.4 Å². The van der Waals surface area contributed by atoms with Crippen LogP contribution in [0.25, 0.3) is 6.08 Å². The summed E-state index contributed by atoms with van der Waals surface area (Å²) in [7, 11) is 0. The molecule has 4 heteroatoms. The normalized spacial score (nSPS) is 12.6. The van der Waals surface area contributed by atoms with Gasteiger partial charge in [-0.2, -0.15) is 0 Å². The fraction of sp³-hybridized carbons (Fsp3) is 0.308. The summed E-state index contributed by atoms with van der Waals surface area (Å²) in [5, 5.41) is 12.1. The molecule has 0 bridgehead atoms. The number of aliphatic hydroxyl groups excluding tert-OH is 1. The average Bonchev–Trinajstić information content (AvgIpc) is 2.28. The Morgan fingerprint density at radius 2 is 2.12 bits per heavy atom. The van der Waals surface area contributed by atoms with Crippen LogP contribution in [0.4, 0.5) is 0 Å². The molecule has 17 heavy (non-hydrogen) atoms. The Balaban J connectivity index is 2.47. The van der Waals surface area contributed by atoms with Crippen LogP contribution in [0, 0.1) is 0 Å². The van der Waals surface area contributed by atoms with Crippen LogP contribution in [0.5, 0.6) is 0 Å². The standard InChI is InChI=1S/C13H16ClNO2/c1-10(8-9-16)15-13(17)7-4-11-2-5-12(14)6-3-11/h2-7,10,16H,8-9H2,1H3,(H,15,17)/b7-4+/t10-/m1/s1. The topological polar surface area (TPSA) is 49.3 Å². The number of nitrogens with one attached hydrogen (secondary N) is 1. The van der Waals surface area contributed by atoms with Crippen LogP contribution in [0.1, 0.15) is 18.9 Å². The van der Waals surface area contributed by atoms with E-state index < -0.39 is 0 Å². The Labute approximate surface area is 106 Å². The number of aliphatic hydroxyl groups is 1. The van der Waals surface area contributed by atoms with Gasteiger partial charge in [0.15, 0.2) is 0 Å². The maximum absolute atomic E-state index is 11.5. The number of rotatable bonds is 5. The number of amides is 1. The highest BCUT2D eigenvalue weighted by Gasteiger charge is 2.02. The van der Waals surface area contributed by atoms with E-state index in [2.05, 4.69) is 5.32 Å². The Morgan fingerprint density at radius 3 is 2.71 bits per heavy atom. The highest BCUT2D eigenvalue weighted by Crippen LogP contribution is 2.10. The first-order valence-electron chi connectivity index (χ1n) is 5.47. The molecule has 0 saturated carbocycles. The average molecular weight is 254 g/mol. The van der Waals surface area contributed by atoms with Gasteiger partial charge in [0.05, 0.1) is 0 Å². The fourth-order valence-electron chi connectivity index (χ4n) is 1.30. The van der Waals surface area contributed by atoms with Gasteiger partial charge in [0.25, 0.3) is 0 Å². The second-order valence-electron chi connectivity index (χ2n) is 3.81. The molecule has 0 aliphatic rings. The van der Waals surface area contributed by atoms with Crippen LogP contribution in [-0.2, 0) is 4.79 Å². The van der Waals surface area contributed by atoms with Crippen molar-refractivity contribution in [1.82, 2.24) is 5.32 Å². The third kappa shape index (κ3) is 5.52. The van der Waals surface area contributed by atoms with E-state index in [1.807, 2.05) is 19.1 Å². The van der Waals surface area contributed by atoms with E-state index in [0.29, 0.717) is 11.4 Å². The zero-order valence-corrected chi connectivity index (χ0v) is 10.4. The first-order valence-corrected chi connectivity index (χ1v) is 5.84. The highest BCUT2D eigenvalue weighted by molar-refractivity contribution is 6.30. The Kier molecular flexibility index (Phi) is 5.73. The van der Waals surface area contributed by atoms with Crippen LogP contribution in [-0.4, -0.2) is 23.7 Å². The minimum Gasteiger partial charge on any atom is -0.396 e. The predicted octanol–water partition coefficient (Wildman–Crippen LogP) is 2.24. The molecule has 0 unspecified atom stereocenters. The molecule has 1 aromatic rings. The summed E-state index contributed by atoms with van der Waals surface area (Å²) in [5.74, 6) is -0.166. The number of halogens is 1. The monoisotopic (exact) mass is 253 g/mol. The van der Waals surface area contributed by atoms with E-state index in [9.17, 15) is 4.79 Å². The molecule has 92 valence electrons. The molecular weight excluding hydrogens is 238 g/mol. The lowest BCUT2D eigenvalue weighted by atomic mass is 10.2. The minimum absolute atomic E-state index is 0.0256. The van der Waals surface area contributed by atoms with E-state index in [0.717, 1.165) is 5.56 Å². The van der Waals surface area contributed by atoms with Crippen LogP contribution >= 0.6 is 11.6 Å². The predicted molar refractivity (Wildman–Crippen MR) is 69.8 cm³/mol. The van der Waals surface area contributed by atoms with Crippen molar-refractivity contribution in [3.63, 3.8) is 0 Å². The molecule has 0 aliphatic heterocycles. The molecule has 1 aromatic carbocycles. The van der Waals surface area contributed by atoms with Crippen molar-refractivity contribution in [3.05, 3.63) is 40.9 Å². The maximum atomic E-state index is 11.5. The number of carbonyl (C=O) groups is 1. The summed E-state index contributed by atoms with van der Waals surface area (Å²) >= 11 is 5.75. The smallest absolute Gasteiger partial charge is 0.244 e. The third-order valence-corrected chi connectivity index (χ3v) is 2.50. The van der Waals surface area contributed by atoms with Gasteiger partial charge in [-0.1, -0.05) is 23.7 Å². The summed E-state index contributed by atoms with van der Waals surface area (Å²) in [6, 6.07) is 7.19. The lowest BCUT2D eigenvalue weighted by Gasteiger charge is -2.09. The van der Waals surface area contributed by atoms with Gasteiger partial charge >= 0.3 is 0 Å². The maximum Gasteiger partial charge on any atom is 0.244 e. The van der Waals surface area contributed by atoms with Gasteiger partial charge in [0.2, 0.25) is 5.91 Å². The van der Waals surface area contributed by atoms with E-state index in [-0.39, 0.29) is 18.6 Å². The molecule has 1 amide bonds. The summed E-state index contributed by atoms with van der Waals surface area (Å²) in [6.07, 6.45) is 3.75. The largest absolute Gasteiger partial charge is 0.396 e. The molecule has 3 nitrogen and oxygen atoms in total. The molecule has 0 aliphatic carbocycles. The van der Waals surface area contributed by atoms with Gasteiger partial charge in [-0.05, 0) is 37.1 Å². The van der Waals surface area contributed by atoms with Crippen LogP contribution in [0.2, 0.25) is 5.02 Å². The first kappa shape index (κ1) is 13.7. The van der Waals surface area contributed by atoms with Gasteiger partial charge in [0.1, 0.15) is 0 Å². The lowest BCUT2D eigenvalue weighted by molar-refractivity contribution is -0.117. The Bertz CT molecular complexity index is 387. The number of hydrogen-bond donors (Lipinski definition) is 2. The second kappa shape index (κ2) is 7.09. The van der Waals surface area contributed by atoms with Crippen molar-refractivity contribution in [1.29, 1.82) is 0 Å². The Hall–Kier alpha value is -1.32. The molecule has 0 aromatic heterocycles. The van der Waals surface area contributed by atoms with Crippen molar-refractivity contribution in [2.24, 2.45) is 0 Å². The highest BCUT2D eigenvalue weighted by atomic mass is 35.5. The molecule has 1 rings (SSSR count). The summed E-state index contributed by atoms with van der Waals surface area (Å²) in [4.78, 5) is 11.5. The first-order chi connectivity index (χ1) is 8.11. The molecule has 0 fully saturated rings. The zero-order chi connectivity index (χ0) is 12.7. The number of benzene rings is 1. The summed E-state index contributed by atoms with van der Waals surface area (Å²) < 4.78 is 0. The minimum atomic E-state index is -0.166. The van der Waals surface area contributed by atoms with E-state index in [1.165, 1.54) is 6.08 Å². The quantitative estimate of drug-likeness (QED) is 0.791. The molecule has 0 heterocycles. The van der Waals surface area contributed by atoms with Gasteiger partial charge in [-0.25, -0.2) is 0 Å². The summed E-state index contributed by atoms with van der Waals surface area (Å²) in [6.45, 7) is 1.92. The second-order valence-corrected chi connectivity index (χ2v) is 4.24. The zero-order valence-electron chi connectivity index (χ0n) is 9.69. The van der Waals surface area contributed by atoms with E-state index >= 15 is 0 Å². The van der Waals surface area contributed by atoms with Gasteiger partial charge in [-0.15, -0.1) is 0 Å². The van der Waals surface area contributed by atoms with Crippen molar-refractivity contribution >= 4 is 23.6 Å². The van der Waals surface area contributed by atoms with Crippen molar-refractivity contribution in [2.75, 3.05) is 6.61 Å². The number of hydrogen-bond acceptors (Lipinski definition) is 2.